The zero-order valence-corrected chi connectivity index (χ0v) is 10.8. The van der Waals surface area contributed by atoms with E-state index >= 15 is 0 Å². The molecule has 1 saturated heterocycles. The first-order valence-corrected chi connectivity index (χ1v) is 6.02. The molecule has 0 aliphatic carbocycles. The van der Waals surface area contributed by atoms with Crippen molar-refractivity contribution < 1.29 is 9.94 Å². The van der Waals surface area contributed by atoms with E-state index in [0.29, 0.717) is 6.10 Å². The first kappa shape index (κ1) is 12.7. The summed E-state index contributed by atoms with van der Waals surface area (Å²) in [5.41, 5.74) is 8.53. The summed E-state index contributed by atoms with van der Waals surface area (Å²) in [5.74, 6) is 0.148. The van der Waals surface area contributed by atoms with E-state index < -0.39 is 0 Å². The lowest BCUT2D eigenvalue weighted by atomic mass is 10.1. The number of hydrogen-bond acceptors (Lipinski definition) is 4. The second kappa shape index (κ2) is 5.27. The van der Waals surface area contributed by atoms with E-state index in [9.17, 15) is 0 Å². The Hall–Kier alpha value is -1.75. The van der Waals surface area contributed by atoms with Crippen LogP contribution in [0.2, 0.25) is 0 Å². The minimum atomic E-state index is 0.148. The third-order valence-electron chi connectivity index (χ3n) is 3.44. The monoisotopic (exact) mass is 249 g/mol. The van der Waals surface area contributed by atoms with Crippen molar-refractivity contribution >= 4 is 11.5 Å². The molecule has 1 aromatic carbocycles. The van der Waals surface area contributed by atoms with Crippen molar-refractivity contribution in [1.82, 2.24) is 0 Å². The van der Waals surface area contributed by atoms with Crippen LogP contribution in [0.25, 0.3) is 0 Å². The molecule has 0 bridgehead atoms. The minimum absolute atomic E-state index is 0.148. The number of oxime groups is 1. The van der Waals surface area contributed by atoms with E-state index in [1.54, 1.807) is 7.11 Å². The van der Waals surface area contributed by atoms with Crippen molar-refractivity contribution in [2.75, 3.05) is 25.1 Å². The third-order valence-corrected chi connectivity index (χ3v) is 3.44. The Morgan fingerprint density at radius 1 is 1.56 bits per heavy atom. The first-order valence-electron chi connectivity index (χ1n) is 6.02. The molecule has 5 heteroatoms. The van der Waals surface area contributed by atoms with Crippen LogP contribution >= 0.6 is 0 Å². The summed E-state index contributed by atoms with van der Waals surface area (Å²) in [4.78, 5) is 2.29. The minimum Gasteiger partial charge on any atom is -0.409 e. The van der Waals surface area contributed by atoms with Gasteiger partial charge in [0.25, 0.3) is 0 Å². The summed E-state index contributed by atoms with van der Waals surface area (Å²) in [6, 6.07) is 5.95. The number of anilines is 1. The Kier molecular flexibility index (Phi) is 3.72. The average molecular weight is 249 g/mol. The second-order valence-corrected chi connectivity index (χ2v) is 4.58. The van der Waals surface area contributed by atoms with Gasteiger partial charge >= 0.3 is 0 Å². The van der Waals surface area contributed by atoms with Crippen LogP contribution in [0.5, 0.6) is 0 Å². The van der Waals surface area contributed by atoms with Gasteiger partial charge in [-0.25, -0.2) is 0 Å². The molecule has 2 rings (SSSR count). The van der Waals surface area contributed by atoms with E-state index in [2.05, 4.69) is 16.1 Å². The van der Waals surface area contributed by atoms with Crippen LogP contribution in [-0.4, -0.2) is 37.3 Å². The predicted octanol–water partition coefficient (Wildman–Crippen LogP) is 1.31. The molecule has 0 saturated carbocycles. The van der Waals surface area contributed by atoms with Crippen molar-refractivity contribution in [1.29, 1.82) is 0 Å². The van der Waals surface area contributed by atoms with E-state index in [1.807, 2.05) is 19.1 Å². The fourth-order valence-electron chi connectivity index (χ4n) is 2.34. The standard InChI is InChI=1S/C13H19N3O2/c1-9-7-10(3-4-12(9)13(14)15-17)16-6-5-11(8-16)18-2/h3-4,7,11,17H,5-6,8H2,1-2H3,(H2,14,15). The van der Waals surface area contributed by atoms with Gasteiger partial charge in [-0.05, 0) is 37.1 Å². The quantitative estimate of drug-likeness (QED) is 0.367. The number of hydrogen-bond donors (Lipinski definition) is 2. The molecule has 1 fully saturated rings. The molecule has 18 heavy (non-hydrogen) atoms. The van der Waals surface area contributed by atoms with Gasteiger partial charge in [0.2, 0.25) is 0 Å². The first-order chi connectivity index (χ1) is 8.65. The summed E-state index contributed by atoms with van der Waals surface area (Å²) < 4.78 is 5.36. The van der Waals surface area contributed by atoms with Gasteiger partial charge in [0.15, 0.2) is 5.84 Å². The normalized spacial score (nSPS) is 20.4. The Labute approximate surface area is 107 Å². The SMILES string of the molecule is COC1CCN(c2ccc(/C(N)=N/O)c(C)c2)C1. The number of aryl methyl sites for hydroxylation is 1. The molecule has 1 aliphatic heterocycles. The lowest BCUT2D eigenvalue weighted by Gasteiger charge is -2.19. The van der Waals surface area contributed by atoms with Crippen molar-refractivity contribution in [3.8, 4) is 0 Å². The molecular weight excluding hydrogens is 230 g/mol. The number of methoxy groups -OCH3 is 1. The van der Waals surface area contributed by atoms with Crippen LogP contribution in [0.1, 0.15) is 17.5 Å². The van der Waals surface area contributed by atoms with Gasteiger partial charge in [-0.3, -0.25) is 0 Å². The van der Waals surface area contributed by atoms with Crippen molar-refractivity contribution in [3.63, 3.8) is 0 Å². The van der Waals surface area contributed by atoms with Crippen LogP contribution in [0.3, 0.4) is 0 Å². The smallest absolute Gasteiger partial charge is 0.170 e. The van der Waals surface area contributed by atoms with Crippen LogP contribution in [0, 0.1) is 6.92 Å². The fraction of sp³-hybridized carbons (Fsp3) is 0.462. The summed E-state index contributed by atoms with van der Waals surface area (Å²) in [6.07, 6.45) is 1.37. The van der Waals surface area contributed by atoms with E-state index in [0.717, 1.165) is 36.3 Å². The molecule has 1 atom stereocenters. The highest BCUT2D eigenvalue weighted by molar-refractivity contribution is 5.98. The zero-order chi connectivity index (χ0) is 13.1. The molecule has 0 spiro atoms. The van der Waals surface area contributed by atoms with Gasteiger partial charge in [-0.1, -0.05) is 5.16 Å². The van der Waals surface area contributed by atoms with Crippen molar-refractivity contribution in [2.24, 2.45) is 10.9 Å². The highest BCUT2D eigenvalue weighted by atomic mass is 16.5. The predicted molar refractivity (Wildman–Crippen MR) is 71.3 cm³/mol. The van der Waals surface area contributed by atoms with Crippen LogP contribution in [0.4, 0.5) is 5.69 Å². The highest BCUT2D eigenvalue weighted by Gasteiger charge is 2.22. The fourth-order valence-corrected chi connectivity index (χ4v) is 2.34. The number of nitrogens with zero attached hydrogens (tertiary/aromatic N) is 2. The molecule has 0 radical (unpaired) electrons. The number of nitrogens with two attached hydrogens (primary N) is 1. The summed E-state index contributed by atoms with van der Waals surface area (Å²) in [5, 5.41) is 11.7. The molecule has 1 aliphatic rings. The lowest BCUT2D eigenvalue weighted by Crippen LogP contribution is -2.22. The molecule has 3 N–H and O–H groups in total. The van der Waals surface area contributed by atoms with Crippen molar-refractivity contribution in [2.45, 2.75) is 19.4 Å². The molecule has 1 heterocycles. The maximum absolute atomic E-state index is 8.70. The zero-order valence-electron chi connectivity index (χ0n) is 10.8. The van der Waals surface area contributed by atoms with Crippen LogP contribution in [-0.2, 0) is 4.74 Å². The Bertz CT molecular complexity index is 460. The summed E-state index contributed by atoms with van der Waals surface area (Å²) in [6.45, 7) is 3.88. The van der Waals surface area contributed by atoms with E-state index in [4.69, 9.17) is 15.7 Å². The van der Waals surface area contributed by atoms with Gasteiger partial charge in [-0.15, -0.1) is 0 Å². The molecule has 1 aromatic rings. The van der Waals surface area contributed by atoms with E-state index in [-0.39, 0.29) is 5.84 Å². The molecule has 0 aromatic heterocycles. The topological polar surface area (TPSA) is 71.1 Å². The number of benzene rings is 1. The van der Waals surface area contributed by atoms with Crippen LogP contribution in [0.15, 0.2) is 23.4 Å². The lowest BCUT2D eigenvalue weighted by molar-refractivity contribution is 0.121. The summed E-state index contributed by atoms with van der Waals surface area (Å²) >= 11 is 0. The number of amidine groups is 1. The Balaban J connectivity index is 2.19. The Morgan fingerprint density at radius 2 is 2.33 bits per heavy atom. The van der Waals surface area contributed by atoms with Crippen LogP contribution < -0.4 is 10.6 Å². The average Bonchev–Trinajstić information content (AvgIpc) is 2.86. The molecule has 5 nitrogen and oxygen atoms in total. The maximum atomic E-state index is 8.70. The maximum Gasteiger partial charge on any atom is 0.170 e. The van der Waals surface area contributed by atoms with Crippen molar-refractivity contribution in [3.05, 3.63) is 29.3 Å². The second-order valence-electron chi connectivity index (χ2n) is 4.58. The number of rotatable bonds is 3. The van der Waals surface area contributed by atoms with Gasteiger partial charge < -0.3 is 20.6 Å². The molecule has 1 unspecified atom stereocenters. The van der Waals surface area contributed by atoms with Gasteiger partial charge in [0.05, 0.1) is 6.10 Å². The largest absolute Gasteiger partial charge is 0.409 e. The van der Waals surface area contributed by atoms with Gasteiger partial charge in [0, 0.05) is 31.5 Å². The summed E-state index contributed by atoms with van der Waals surface area (Å²) in [7, 11) is 1.75. The van der Waals surface area contributed by atoms with Gasteiger partial charge in [0.1, 0.15) is 0 Å². The molecular formula is C13H19N3O2. The molecule has 98 valence electrons. The molecule has 0 amide bonds. The third kappa shape index (κ3) is 2.41. The van der Waals surface area contributed by atoms with E-state index in [1.165, 1.54) is 0 Å². The van der Waals surface area contributed by atoms with Gasteiger partial charge in [-0.2, -0.15) is 0 Å². The Morgan fingerprint density at radius 3 is 2.89 bits per heavy atom. The number of ether oxygens (including phenoxy) is 1. The highest BCUT2D eigenvalue weighted by Crippen LogP contribution is 2.24.